The number of ether oxygens (including phenoxy) is 1. The number of benzene rings is 3. The Labute approximate surface area is 214 Å². The molecule has 2 N–H and O–H groups in total. The van der Waals surface area contributed by atoms with Gasteiger partial charge in [0, 0.05) is 5.02 Å². The van der Waals surface area contributed by atoms with Crippen LogP contribution < -0.4 is 20.3 Å². The van der Waals surface area contributed by atoms with Crippen LogP contribution in [0.3, 0.4) is 0 Å². The highest BCUT2D eigenvalue weighted by molar-refractivity contribution is 6.39. The van der Waals surface area contributed by atoms with Crippen molar-refractivity contribution in [3.63, 3.8) is 0 Å². The SMILES string of the molecule is O=C(COc1ccc(/C=C2/C(=O)NC(=O)N(c3ccc(Cl)cc3)C2=O)cc1Cl)Nc1ccccc1F. The van der Waals surface area contributed by atoms with Crippen molar-refractivity contribution in [1.82, 2.24) is 5.32 Å². The fraction of sp³-hybridized carbons (Fsp3) is 0.0400. The van der Waals surface area contributed by atoms with E-state index in [1.807, 2.05) is 0 Å². The van der Waals surface area contributed by atoms with Crippen LogP contribution in [0.15, 0.2) is 72.3 Å². The molecule has 0 spiro atoms. The second kappa shape index (κ2) is 10.6. The maximum Gasteiger partial charge on any atom is 0.335 e. The summed E-state index contributed by atoms with van der Waals surface area (Å²) >= 11 is 12.1. The van der Waals surface area contributed by atoms with E-state index in [-0.39, 0.29) is 27.7 Å². The summed E-state index contributed by atoms with van der Waals surface area (Å²) in [6.45, 7) is -0.437. The van der Waals surface area contributed by atoms with Gasteiger partial charge in [0.2, 0.25) is 0 Å². The molecule has 8 nitrogen and oxygen atoms in total. The summed E-state index contributed by atoms with van der Waals surface area (Å²) in [4.78, 5) is 50.5. The molecule has 3 aromatic rings. The molecule has 1 aliphatic heterocycles. The number of para-hydroxylation sites is 1. The van der Waals surface area contributed by atoms with Crippen molar-refractivity contribution in [3.8, 4) is 5.75 Å². The molecule has 1 saturated heterocycles. The third-order valence-electron chi connectivity index (χ3n) is 4.96. The average Bonchev–Trinajstić information content (AvgIpc) is 2.84. The lowest BCUT2D eigenvalue weighted by molar-refractivity contribution is -0.122. The Hall–Kier alpha value is -4.21. The molecule has 36 heavy (non-hydrogen) atoms. The Kier molecular flexibility index (Phi) is 7.33. The molecule has 1 heterocycles. The molecule has 0 aromatic heterocycles. The summed E-state index contributed by atoms with van der Waals surface area (Å²) in [6.07, 6.45) is 1.27. The number of urea groups is 1. The predicted molar refractivity (Wildman–Crippen MR) is 132 cm³/mol. The first-order valence-corrected chi connectivity index (χ1v) is 11.1. The number of hydrogen-bond donors (Lipinski definition) is 2. The van der Waals surface area contributed by atoms with Gasteiger partial charge >= 0.3 is 6.03 Å². The smallest absolute Gasteiger partial charge is 0.335 e. The Morgan fingerprint density at radius 3 is 2.44 bits per heavy atom. The minimum Gasteiger partial charge on any atom is -0.482 e. The second-order valence-electron chi connectivity index (χ2n) is 7.44. The summed E-state index contributed by atoms with van der Waals surface area (Å²) in [5.74, 6) is -2.72. The van der Waals surface area contributed by atoms with Crippen molar-refractivity contribution in [3.05, 3.63) is 93.7 Å². The molecule has 3 aromatic carbocycles. The third kappa shape index (κ3) is 5.54. The van der Waals surface area contributed by atoms with Crippen molar-refractivity contribution in [1.29, 1.82) is 0 Å². The summed E-state index contributed by atoms with van der Waals surface area (Å²) in [6, 6.07) is 15.1. The number of carbonyl (C=O) groups excluding carboxylic acids is 4. The highest BCUT2D eigenvalue weighted by Crippen LogP contribution is 2.28. The van der Waals surface area contributed by atoms with E-state index in [0.29, 0.717) is 10.6 Å². The van der Waals surface area contributed by atoms with E-state index >= 15 is 0 Å². The Bertz CT molecular complexity index is 1410. The first kappa shape index (κ1) is 24.9. The lowest BCUT2D eigenvalue weighted by Crippen LogP contribution is -2.54. The van der Waals surface area contributed by atoms with E-state index < -0.39 is 36.2 Å². The lowest BCUT2D eigenvalue weighted by atomic mass is 10.1. The minimum absolute atomic E-state index is 0.0146. The van der Waals surface area contributed by atoms with Crippen LogP contribution in [0.2, 0.25) is 10.0 Å². The number of amides is 5. The fourth-order valence-corrected chi connectivity index (χ4v) is 3.63. The van der Waals surface area contributed by atoms with E-state index in [1.165, 1.54) is 66.7 Å². The van der Waals surface area contributed by atoms with Crippen molar-refractivity contribution < 1.29 is 28.3 Å². The van der Waals surface area contributed by atoms with E-state index in [2.05, 4.69) is 10.6 Å². The van der Waals surface area contributed by atoms with Gasteiger partial charge < -0.3 is 10.1 Å². The number of nitrogens with zero attached hydrogens (tertiary/aromatic N) is 1. The van der Waals surface area contributed by atoms with Crippen LogP contribution in [0.1, 0.15) is 5.56 Å². The number of halogens is 3. The monoisotopic (exact) mass is 527 g/mol. The van der Waals surface area contributed by atoms with Crippen molar-refractivity contribution >= 4 is 64.4 Å². The number of hydrogen-bond acceptors (Lipinski definition) is 5. The number of nitrogens with one attached hydrogen (secondary N) is 2. The van der Waals surface area contributed by atoms with Gasteiger partial charge in [-0.3, -0.25) is 19.7 Å². The fourth-order valence-electron chi connectivity index (χ4n) is 3.26. The highest BCUT2D eigenvalue weighted by Gasteiger charge is 2.36. The minimum atomic E-state index is -0.889. The van der Waals surface area contributed by atoms with Crippen molar-refractivity contribution in [2.45, 2.75) is 0 Å². The Morgan fingerprint density at radius 2 is 1.75 bits per heavy atom. The van der Waals surface area contributed by atoms with Gasteiger partial charge in [0.15, 0.2) is 6.61 Å². The van der Waals surface area contributed by atoms with Gasteiger partial charge in [-0.05, 0) is 60.2 Å². The molecule has 0 atom stereocenters. The summed E-state index contributed by atoms with van der Waals surface area (Å²) in [7, 11) is 0. The first-order valence-electron chi connectivity index (χ1n) is 10.4. The molecule has 0 bridgehead atoms. The molecule has 11 heteroatoms. The van der Waals surface area contributed by atoms with E-state index in [4.69, 9.17) is 27.9 Å². The number of carbonyl (C=O) groups is 4. The summed E-state index contributed by atoms with van der Waals surface area (Å²) in [5, 5.41) is 5.02. The number of barbiturate groups is 1. The quantitative estimate of drug-likeness (QED) is 0.353. The van der Waals surface area contributed by atoms with Crippen LogP contribution in [0.4, 0.5) is 20.6 Å². The normalized spacial score (nSPS) is 14.6. The molecule has 182 valence electrons. The molecule has 0 radical (unpaired) electrons. The van der Waals surface area contributed by atoms with Crippen molar-refractivity contribution in [2.75, 3.05) is 16.8 Å². The second-order valence-corrected chi connectivity index (χ2v) is 8.28. The van der Waals surface area contributed by atoms with Crippen LogP contribution in [0.25, 0.3) is 6.08 Å². The van der Waals surface area contributed by atoms with Crippen LogP contribution in [0, 0.1) is 5.82 Å². The van der Waals surface area contributed by atoms with Gasteiger partial charge in [-0.15, -0.1) is 0 Å². The molecule has 1 aliphatic rings. The van der Waals surface area contributed by atoms with E-state index in [9.17, 15) is 23.6 Å². The molecule has 0 saturated carbocycles. The van der Waals surface area contributed by atoms with Crippen LogP contribution in [-0.4, -0.2) is 30.4 Å². The maximum atomic E-state index is 13.7. The Balaban J connectivity index is 1.48. The number of rotatable bonds is 6. The van der Waals surface area contributed by atoms with E-state index in [0.717, 1.165) is 4.90 Å². The topological polar surface area (TPSA) is 105 Å². The summed E-state index contributed by atoms with van der Waals surface area (Å²) in [5.41, 5.74) is 0.321. The highest BCUT2D eigenvalue weighted by atomic mass is 35.5. The average molecular weight is 528 g/mol. The van der Waals surface area contributed by atoms with Gasteiger partial charge in [-0.25, -0.2) is 14.1 Å². The van der Waals surface area contributed by atoms with E-state index in [1.54, 1.807) is 6.07 Å². The maximum absolute atomic E-state index is 13.7. The van der Waals surface area contributed by atoms with Crippen LogP contribution >= 0.6 is 23.2 Å². The van der Waals surface area contributed by atoms with Gasteiger partial charge in [-0.1, -0.05) is 41.4 Å². The number of imide groups is 2. The molecule has 4 rings (SSSR count). The molecular formula is C25H16Cl2FN3O5. The van der Waals surface area contributed by atoms with Crippen LogP contribution in [0.5, 0.6) is 5.75 Å². The lowest BCUT2D eigenvalue weighted by Gasteiger charge is -2.26. The molecular weight excluding hydrogens is 512 g/mol. The standard InChI is InChI=1S/C25H16Cl2FN3O5/c26-15-6-8-16(9-7-15)31-24(34)17(23(33)30-25(31)35)11-14-5-10-21(18(27)12-14)36-13-22(32)29-20-4-2-1-3-19(20)28/h1-12H,13H2,(H,29,32)(H,30,33,35)/b17-11-. The molecule has 5 amide bonds. The molecule has 0 unspecified atom stereocenters. The zero-order chi connectivity index (χ0) is 25.8. The first-order chi connectivity index (χ1) is 17.2. The van der Waals surface area contributed by atoms with Gasteiger partial charge in [0.05, 0.1) is 16.4 Å². The Morgan fingerprint density at radius 1 is 1.03 bits per heavy atom. The van der Waals surface area contributed by atoms with Gasteiger partial charge in [-0.2, -0.15) is 0 Å². The number of anilines is 2. The molecule has 1 fully saturated rings. The zero-order valence-electron chi connectivity index (χ0n) is 18.3. The van der Waals surface area contributed by atoms with Gasteiger partial charge in [0.25, 0.3) is 17.7 Å². The predicted octanol–water partition coefficient (Wildman–Crippen LogP) is 4.82. The summed E-state index contributed by atoms with van der Waals surface area (Å²) < 4.78 is 19.1. The van der Waals surface area contributed by atoms with Crippen molar-refractivity contribution in [2.24, 2.45) is 0 Å². The molecule has 0 aliphatic carbocycles. The zero-order valence-corrected chi connectivity index (χ0v) is 19.8. The third-order valence-corrected chi connectivity index (χ3v) is 5.51. The van der Waals surface area contributed by atoms with Gasteiger partial charge in [0.1, 0.15) is 17.1 Å². The van der Waals surface area contributed by atoms with Crippen LogP contribution in [-0.2, 0) is 14.4 Å². The largest absolute Gasteiger partial charge is 0.482 e.